The van der Waals surface area contributed by atoms with E-state index in [4.69, 9.17) is 0 Å². The van der Waals surface area contributed by atoms with Gasteiger partial charge in [-0.05, 0) is 30.4 Å². The Bertz CT molecular complexity index is 1080. The molecular formula is C25H33FN4O4S. The molecule has 8 nitrogen and oxygen atoms in total. The molecule has 1 aliphatic heterocycles. The van der Waals surface area contributed by atoms with E-state index in [-0.39, 0.29) is 6.54 Å². The summed E-state index contributed by atoms with van der Waals surface area (Å²) < 4.78 is 15.0. The van der Waals surface area contributed by atoms with Crippen molar-refractivity contribution >= 4 is 29.1 Å². The molecule has 2 aromatic rings. The zero-order chi connectivity index (χ0) is 26.1. The number of nitrogens with zero attached hydrogens (tertiary/aromatic N) is 2. The number of carbonyl (C=O) groups excluding carboxylic acids is 3. The molecule has 3 amide bonds. The zero-order valence-electron chi connectivity index (χ0n) is 20.8. The maximum atomic E-state index is 15.0. The maximum Gasteiger partial charge on any atom is 0.246 e. The van der Waals surface area contributed by atoms with E-state index in [1.165, 1.54) is 6.92 Å². The number of rotatable bonds is 6. The monoisotopic (exact) mass is 504 g/mol. The van der Waals surface area contributed by atoms with Crippen molar-refractivity contribution in [3.8, 4) is 10.4 Å². The normalized spacial score (nSPS) is 21.9. The Morgan fingerprint density at radius 3 is 2.34 bits per heavy atom. The number of nitrogens with one attached hydrogen (secondary N) is 2. The van der Waals surface area contributed by atoms with E-state index in [1.54, 1.807) is 44.5 Å². The van der Waals surface area contributed by atoms with Crippen LogP contribution in [0.2, 0.25) is 0 Å². The van der Waals surface area contributed by atoms with Gasteiger partial charge in [-0.1, -0.05) is 45.0 Å². The summed E-state index contributed by atoms with van der Waals surface area (Å²) in [5, 5.41) is 15.5. The first-order valence-electron chi connectivity index (χ1n) is 11.5. The van der Waals surface area contributed by atoms with E-state index >= 15 is 0 Å². The number of likely N-dealkylation sites (tertiary alicyclic amines) is 1. The minimum Gasteiger partial charge on any atom is -0.388 e. The lowest BCUT2D eigenvalue weighted by Crippen LogP contribution is -2.58. The highest BCUT2D eigenvalue weighted by atomic mass is 32.1. The van der Waals surface area contributed by atoms with Gasteiger partial charge in [-0.3, -0.25) is 14.4 Å². The third-order valence-electron chi connectivity index (χ3n) is 6.18. The molecule has 3 rings (SSSR count). The van der Waals surface area contributed by atoms with Gasteiger partial charge in [0.15, 0.2) is 6.17 Å². The van der Waals surface area contributed by atoms with Crippen molar-refractivity contribution in [1.82, 2.24) is 20.5 Å². The number of aromatic nitrogens is 1. The van der Waals surface area contributed by atoms with Gasteiger partial charge in [0.25, 0.3) is 0 Å². The fourth-order valence-electron chi connectivity index (χ4n) is 4.21. The Morgan fingerprint density at radius 1 is 1.20 bits per heavy atom. The Morgan fingerprint density at radius 2 is 1.83 bits per heavy atom. The number of aryl methyl sites for hydroxylation is 1. The van der Waals surface area contributed by atoms with E-state index < -0.39 is 53.5 Å². The third kappa shape index (κ3) is 5.87. The summed E-state index contributed by atoms with van der Waals surface area (Å²) in [5.74, 6) is -1.72. The summed E-state index contributed by atoms with van der Waals surface area (Å²) in [6.45, 7) is 9.95. The molecule has 2 heterocycles. The molecule has 1 aliphatic rings. The first kappa shape index (κ1) is 26.7. The van der Waals surface area contributed by atoms with Crippen LogP contribution in [0.25, 0.3) is 10.4 Å². The van der Waals surface area contributed by atoms with Crippen LogP contribution in [-0.4, -0.2) is 63.6 Å². The molecule has 1 aromatic heterocycles. The summed E-state index contributed by atoms with van der Waals surface area (Å²) in [7, 11) is 0. The molecule has 10 heteroatoms. The lowest BCUT2D eigenvalue weighted by atomic mass is 9.85. The number of alkyl halides is 1. The SMILES string of the molecule is CC(=O)NC(C(=O)N1CC(O)C(F)C1C(=O)NC(C)c1ccc(-c2scnc2C)cc1)C(C)(C)C. The van der Waals surface area contributed by atoms with Crippen LogP contribution in [0.3, 0.4) is 0 Å². The highest BCUT2D eigenvalue weighted by Crippen LogP contribution is 2.30. The highest BCUT2D eigenvalue weighted by molar-refractivity contribution is 7.13. The molecule has 5 unspecified atom stereocenters. The fraction of sp³-hybridized carbons (Fsp3) is 0.520. The van der Waals surface area contributed by atoms with Crippen LogP contribution < -0.4 is 10.6 Å². The number of β-amino-alcohol motifs (C(OH)–C–C–N with tert-alkyl or cyclic N) is 1. The highest BCUT2D eigenvalue weighted by Gasteiger charge is 2.50. The molecule has 1 aromatic carbocycles. The molecule has 0 saturated carbocycles. The number of thiazole rings is 1. The molecule has 1 saturated heterocycles. The van der Waals surface area contributed by atoms with E-state index in [0.29, 0.717) is 0 Å². The number of halogens is 1. The lowest BCUT2D eigenvalue weighted by molar-refractivity contribution is -0.144. The summed E-state index contributed by atoms with van der Waals surface area (Å²) in [6.07, 6.45) is -3.44. The van der Waals surface area contributed by atoms with Crippen LogP contribution in [0.1, 0.15) is 51.9 Å². The van der Waals surface area contributed by atoms with Gasteiger partial charge in [0.2, 0.25) is 17.7 Å². The molecule has 1 fully saturated rings. The average molecular weight is 505 g/mol. The van der Waals surface area contributed by atoms with Crippen LogP contribution >= 0.6 is 11.3 Å². The Labute approximate surface area is 208 Å². The van der Waals surface area contributed by atoms with Crippen molar-refractivity contribution in [2.75, 3.05) is 6.54 Å². The average Bonchev–Trinajstić information content (AvgIpc) is 3.33. The predicted octanol–water partition coefficient (Wildman–Crippen LogP) is 2.76. The molecule has 0 bridgehead atoms. The maximum absolute atomic E-state index is 15.0. The van der Waals surface area contributed by atoms with Crippen LogP contribution in [-0.2, 0) is 14.4 Å². The van der Waals surface area contributed by atoms with Crippen molar-refractivity contribution in [3.63, 3.8) is 0 Å². The minimum absolute atomic E-state index is 0.332. The Kier molecular flexibility index (Phi) is 7.96. The predicted molar refractivity (Wildman–Crippen MR) is 132 cm³/mol. The number of aliphatic hydroxyl groups excluding tert-OH is 1. The second-order valence-electron chi connectivity index (χ2n) is 10.1. The standard InChI is InChI=1S/C25H33FN4O4S/c1-13(16-7-9-17(10-8-16)21-14(2)27-12-35-21)28-23(33)20-19(26)18(32)11-30(20)24(34)22(25(4,5)6)29-15(3)31/h7-10,12-13,18-20,22,32H,11H2,1-6H3,(H,28,33)(H,29,31). The first-order valence-corrected chi connectivity index (χ1v) is 12.4. The van der Waals surface area contributed by atoms with Gasteiger partial charge in [-0.15, -0.1) is 11.3 Å². The van der Waals surface area contributed by atoms with Gasteiger partial charge in [0, 0.05) is 6.92 Å². The molecular weight excluding hydrogens is 471 g/mol. The zero-order valence-corrected chi connectivity index (χ0v) is 21.6. The van der Waals surface area contributed by atoms with Gasteiger partial charge in [-0.25, -0.2) is 9.37 Å². The number of benzene rings is 1. The molecule has 3 N–H and O–H groups in total. The molecule has 190 valence electrons. The number of hydrogen-bond donors (Lipinski definition) is 3. The van der Waals surface area contributed by atoms with Crippen molar-refractivity contribution in [2.45, 2.75) is 71.9 Å². The third-order valence-corrected chi connectivity index (χ3v) is 7.16. The van der Waals surface area contributed by atoms with E-state index in [1.807, 2.05) is 31.2 Å². The van der Waals surface area contributed by atoms with E-state index in [2.05, 4.69) is 15.6 Å². The van der Waals surface area contributed by atoms with Crippen LogP contribution in [0, 0.1) is 12.3 Å². The fourth-order valence-corrected chi connectivity index (χ4v) is 5.02. The van der Waals surface area contributed by atoms with E-state index in [0.717, 1.165) is 26.6 Å². The first-order chi connectivity index (χ1) is 16.3. The minimum atomic E-state index is -1.94. The van der Waals surface area contributed by atoms with Crippen molar-refractivity contribution < 1.29 is 23.9 Å². The van der Waals surface area contributed by atoms with Crippen molar-refractivity contribution in [1.29, 1.82) is 0 Å². The topological polar surface area (TPSA) is 112 Å². The second kappa shape index (κ2) is 10.4. The van der Waals surface area contributed by atoms with Gasteiger partial charge in [-0.2, -0.15) is 0 Å². The largest absolute Gasteiger partial charge is 0.388 e. The van der Waals surface area contributed by atoms with Crippen molar-refractivity contribution in [3.05, 3.63) is 41.0 Å². The smallest absolute Gasteiger partial charge is 0.246 e. The Balaban J connectivity index is 1.77. The summed E-state index contributed by atoms with van der Waals surface area (Å²) in [5.41, 5.74) is 3.86. The van der Waals surface area contributed by atoms with Crippen molar-refractivity contribution in [2.24, 2.45) is 5.41 Å². The summed E-state index contributed by atoms with van der Waals surface area (Å²) in [4.78, 5) is 44.5. The summed E-state index contributed by atoms with van der Waals surface area (Å²) in [6, 6.07) is 4.69. The summed E-state index contributed by atoms with van der Waals surface area (Å²) >= 11 is 1.55. The molecule has 0 radical (unpaired) electrons. The number of carbonyl (C=O) groups is 3. The molecule has 0 aliphatic carbocycles. The molecule has 0 spiro atoms. The number of aliphatic hydroxyl groups is 1. The van der Waals surface area contributed by atoms with Crippen LogP contribution in [0.4, 0.5) is 4.39 Å². The van der Waals surface area contributed by atoms with Gasteiger partial charge >= 0.3 is 0 Å². The lowest BCUT2D eigenvalue weighted by Gasteiger charge is -2.35. The van der Waals surface area contributed by atoms with Gasteiger partial charge in [0.05, 0.1) is 28.7 Å². The number of amides is 3. The Hall–Kier alpha value is -2.85. The van der Waals surface area contributed by atoms with E-state index in [9.17, 15) is 23.9 Å². The van der Waals surface area contributed by atoms with Gasteiger partial charge in [0.1, 0.15) is 18.2 Å². The number of hydrogen-bond acceptors (Lipinski definition) is 6. The molecule has 5 atom stereocenters. The van der Waals surface area contributed by atoms with Gasteiger partial charge < -0.3 is 20.6 Å². The van der Waals surface area contributed by atoms with Crippen LogP contribution in [0.15, 0.2) is 29.8 Å². The quantitative estimate of drug-likeness (QED) is 0.560. The molecule has 35 heavy (non-hydrogen) atoms. The second-order valence-corrected chi connectivity index (χ2v) is 10.9. The van der Waals surface area contributed by atoms with Crippen LogP contribution in [0.5, 0.6) is 0 Å².